The lowest BCUT2D eigenvalue weighted by molar-refractivity contribution is 0.0730. The molecule has 1 fully saturated rings. The van der Waals surface area contributed by atoms with Gasteiger partial charge in [-0.3, -0.25) is 10.1 Å². The number of aryl methyl sites for hydroxylation is 1. The maximum atomic E-state index is 12.9. The van der Waals surface area contributed by atoms with E-state index in [1.807, 2.05) is 0 Å². The normalized spacial score (nSPS) is 20.3. The van der Waals surface area contributed by atoms with E-state index < -0.39 is 15.9 Å². The highest BCUT2D eigenvalue weighted by Crippen LogP contribution is 2.32. The van der Waals surface area contributed by atoms with E-state index in [2.05, 4.69) is 17.2 Å². The van der Waals surface area contributed by atoms with Gasteiger partial charge in [-0.2, -0.15) is 4.31 Å². The molecule has 2 aliphatic rings. The van der Waals surface area contributed by atoms with E-state index in [0.29, 0.717) is 24.3 Å². The third-order valence-electron chi connectivity index (χ3n) is 5.19. The molecule has 7 nitrogen and oxygen atoms in total. The van der Waals surface area contributed by atoms with Crippen LogP contribution in [0.2, 0.25) is 5.02 Å². The summed E-state index contributed by atoms with van der Waals surface area (Å²) < 4.78 is 32.4. The molecule has 1 aliphatic carbocycles. The lowest BCUT2D eigenvalue weighted by atomic mass is 9.93. The molecule has 1 amide bonds. The van der Waals surface area contributed by atoms with Gasteiger partial charge in [-0.15, -0.1) is 11.3 Å². The number of benzene rings is 1. The molecule has 10 heteroatoms. The Labute approximate surface area is 179 Å². The summed E-state index contributed by atoms with van der Waals surface area (Å²) in [6, 6.07) is 4.29. The number of hydrogen-bond donors (Lipinski definition) is 1. The first-order valence-electron chi connectivity index (χ1n) is 9.52. The Hall–Kier alpha value is -1.52. The number of rotatable bonds is 4. The Bertz CT molecular complexity index is 1030. The highest BCUT2D eigenvalue weighted by atomic mass is 35.5. The Morgan fingerprint density at radius 3 is 2.86 bits per heavy atom. The van der Waals surface area contributed by atoms with Crippen LogP contribution >= 0.6 is 22.9 Å². The van der Waals surface area contributed by atoms with Gasteiger partial charge in [0, 0.05) is 23.5 Å². The van der Waals surface area contributed by atoms with Crippen molar-refractivity contribution in [1.29, 1.82) is 0 Å². The molecule has 1 aromatic carbocycles. The van der Waals surface area contributed by atoms with Crippen LogP contribution in [0.5, 0.6) is 0 Å². The zero-order valence-corrected chi connectivity index (χ0v) is 18.4. The van der Waals surface area contributed by atoms with Crippen LogP contribution in [0.25, 0.3) is 0 Å². The lowest BCUT2D eigenvalue weighted by Gasteiger charge is -2.26. The standard InChI is InChI=1S/C19H22ClN3O4S2/c1-12-2-5-15-16(10-12)28-19(21-15)22-18(24)13-3-4-14(20)17(11-13)29(25,26)23-6-8-27-9-7-23/h3-4,11-12H,2,5-10H2,1H3,(H,21,22,24). The maximum Gasteiger partial charge on any atom is 0.257 e. The first kappa shape index (κ1) is 20.7. The average Bonchev–Trinajstić information content (AvgIpc) is 3.10. The second-order valence-corrected chi connectivity index (χ2v) is 10.7. The minimum atomic E-state index is -3.80. The van der Waals surface area contributed by atoms with Crippen LogP contribution in [0.15, 0.2) is 23.1 Å². The SMILES string of the molecule is CC1CCc2nc(NC(=O)c3ccc(Cl)c(S(=O)(=O)N4CCOCC4)c3)sc2C1. The Morgan fingerprint density at radius 1 is 1.34 bits per heavy atom. The number of thiazole rings is 1. The van der Waals surface area contributed by atoms with E-state index >= 15 is 0 Å². The maximum absolute atomic E-state index is 12.9. The number of halogens is 1. The number of aromatic nitrogens is 1. The van der Waals surface area contributed by atoms with Crippen LogP contribution in [-0.4, -0.2) is 49.9 Å². The third-order valence-corrected chi connectivity index (χ3v) is 8.60. The Kier molecular flexibility index (Phi) is 5.94. The number of hydrogen-bond acceptors (Lipinski definition) is 6. The molecule has 2 aromatic rings. The van der Waals surface area contributed by atoms with Crippen LogP contribution in [0.1, 0.15) is 34.3 Å². The fraction of sp³-hybridized carbons (Fsp3) is 0.474. The molecule has 2 heterocycles. The number of sulfonamides is 1. The predicted molar refractivity (Wildman–Crippen MR) is 112 cm³/mol. The molecule has 0 spiro atoms. The first-order chi connectivity index (χ1) is 13.8. The summed E-state index contributed by atoms with van der Waals surface area (Å²) >= 11 is 7.66. The Morgan fingerprint density at radius 2 is 2.10 bits per heavy atom. The van der Waals surface area contributed by atoms with Crippen molar-refractivity contribution in [3.8, 4) is 0 Å². The van der Waals surface area contributed by atoms with Crippen LogP contribution in [-0.2, 0) is 27.6 Å². The van der Waals surface area contributed by atoms with Crippen molar-refractivity contribution in [3.63, 3.8) is 0 Å². The molecule has 1 atom stereocenters. The molecule has 1 aromatic heterocycles. The van der Waals surface area contributed by atoms with Crippen molar-refractivity contribution < 1.29 is 17.9 Å². The van der Waals surface area contributed by atoms with Crippen molar-refractivity contribution in [3.05, 3.63) is 39.4 Å². The van der Waals surface area contributed by atoms with Gasteiger partial charge >= 0.3 is 0 Å². The van der Waals surface area contributed by atoms with E-state index in [1.54, 1.807) is 0 Å². The second kappa shape index (κ2) is 8.31. The number of anilines is 1. The number of amides is 1. The smallest absolute Gasteiger partial charge is 0.257 e. The molecular weight excluding hydrogens is 434 g/mol. The highest BCUT2D eigenvalue weighted by Gasteiger charge is 2.29. The van der Waals surface area contributed by atoms with Crippen molar-refractivity contribution in [2.24, 2.45) is 5.92 Å². The summed E-state index contributed by atoms with van der Waals surface area (Å²) in [7, 11) is -3.80. The lowest BCUT2D eigenvalue weighted by Crippen LogP contribution is -2.40. The molecule has 29 heavy (non-hydrogen) atoms. The van der Waals surface area contributed by atoms with Gasteiger partial charge in [-0.1, -0.05) is 18.5 Å². The molecule has 156 valence electrons. The summed E-state index contributed by atoms with van der Waals surface area (Å²) in [5, 5.41) is 3.44. The topological polar surface area (TPSA) is 88.6 Å². The average molecular weight is 456 g/mol. The number of nitrogens with one attached hydrogen (secondary N) is 1. The third kappa shape index (κ3) is 4.34. The first-order valence-corrected chi connectivity index (χ1v) is 12.2. The minimum absolute atomic E-state index is 0.0685. The molecule has 0 radical (unpaired) electrons. The molecule has 0 bridgehead atoms. The minimum Gasteiger partial charge on any atom is -0.379 e. The van der Waals surface area contributed by atoms with Gasteiger partial charge in [-0.25, -0.2) is 13.4 Å². The number of nitrogens with zero attached hydrogens (tertiary/aromatic N) is 2. The summed E-state index contributed by atoms with van der Waals surface area (Å²) in [5.41, 5.74) is 1.28. The molecule has 1 aliphatic heterocycles. The molecule has 1 saturated heterocycles. The number of carbonyl (C=O) groups excluding carboxylic acids is 1. The number of morpholine rings is 1. The largest absolute Gasteiger partial charge is 0.379 e. The fourth-order valence-corrected chi connectivity index (χ4v) is 6.61. The molecule has 4 rings (SSSR count). The van der Waals surface area contributed by atoms with Crippen molar-refractivity contribution >= 4 is 44.0 Å². The number of ether oxygens (including phenoxy) is 1. The quantitative estimate of drug-likeness (QED) is 0.764. The molecule has 1 unspecified atom stereocenters. The second-order valence-electron chi connectivity index (χ2n) is 7.35. The number of carbonyl (C=O) groups is 1. The van der Waals surface area contributed by atoms with E-state index in [-0.39, 0.29) is 28.6 Å². The zero-order chi connectivity index (χ0) is 20.6. The van der Waals surface area contributed by atoms with Gasteiger partial charge in [0.15, 0.2) is 5.13 Å². The van der Waals surface area contributed by atoms with Gasteiger partial charge in [0.1, 0.15) is 4.90 Å². The Balaban J connectivity index is 1.56. The highest BCUT2D eigenvalue weighted by molar-refractivity contribution is 7.89. The summed E-state index contributed by atoms with van der Waals surface area (Å²) in [6.45, 7) is 3.41. The van der Waals surface area contributed by atoms with Crippen LogP contribution in [0.3, 0.4) is 0 Å². The fourth-order valence-electron chi connectivity index (χ4n) is 3.53. The van der Waals surface area contributed by atoms with Gasteiger partial charge < -0.3 is 4.74 Å². The number of fused-ring (bicyclic) bond motifs is 1. The summed E-state index contributed by atoms with van der Waals surface area (Å²) in [4.78, 5) is 18.4. The van der Waals surface area contributed by atoms with Crippen LogP contribution in [0.4, 0.5) is 5.13 Å². The van der Waals surface area contributed by atoms with Gasteiger partial charge in [0.25, 0.3) is 5.91 Å². The van der Waals surface area contributed by atoms with E-state index in [4.69, 9.17) is 16.3 Å². The van der Waals surface area contributed by atoms with E-state index in [0.717, 1.165) is 25.0 Å². The predicted octanol–water partition coefficient (Wildman–Crippen LogP) is 3.19. The summed E-state index contributed by atoms with van der Waals surface area (Å²) in [5.74, 6) is 0.218. The van der Waals surface area contributed by atoms with Gasteiger partial charge in [-0.05, 0) is 43.4 Å². The van der Waals surface area contributed by atoms with Gasteiger partial charge in [0.2, 0.25) is 10.0 Å². The van der Waals surface area contributed by atoms with Crippen LogP contribution in [0, 0.1) is 5.92 Å². The van der Waals surface area contributed by atoms with Gasteiger partial charge in [0.05, 0.1) is 23.9 Å². The van der Waals surface area contributed by atoms with Crippen molar-refractivity contribution in [2.75, 3.05) is 31.6 Å². The van der Waals surface area contributed by atoms with E-state index in [9.17, 15) is 13.2 Å². The van der Waals surface area contributed by atoms with Crippen LogP contribution < -0.4 is 5.32 Å². The summed E-state index contributed by atoms with van der Waals surface area (Å²) in [6.07, 6.45) is 3.00. The molecule has 1 N–H and O–H groups in total. The van der Waals surface area contributed by atoms with E-state index in [1.165, 1.54) is 38.7 Å². The zero-order valence-electron chi connectivity index (χ0n) is 16.0. The molecular formula is C19H22ClN3O4S2. The van der Waals surface area contributed by atoms with Crippen molar-refractivity contribution in [2.45, 2.75) is 31.1 Å². The molecule has 0 saturated carbocycles. The monoisotopic (exact) mass is 455 g/mol. The van der Waals surface area contributed by atoms with Crippen molar-refractivity contribution in [1.82, 2.24) is 9.29 Å².